The van der Waals surface area contributed by atoms with Gasteiger partial charge in [-0.3, -0.25) is 4.98 Å². The van der Waals surface area contributed by atoms with Gasteiger partial charge >= 0.3 is 0 Å². The molecule has 13 heavy (non-hydrogen) atoms. The fraction of sp³-hybridized carbons (Fsp3) is 0. The zero-order valence-electron chi connectivity index (χ0n) is 6.70. The van der Waals surface area contributed by atoms with Crippen LogP contribution in [0.2, 0.25) is 0 Å². The van der Waals surface area contributed by atoms with Gasteiger partial charge in [-0.2, -0.15) is 0 Å². The quantitative estimate of drug-likeness (QED) is 0.850. The monoisotopic (exact) mass is 254 g/mol. The Kier molecular flexibility index (Phi) is 2.33. The number of nitrogens with zero attached hydrogens (tertiary/aromatic N) is 1. The summed E-state index contributed by atoms with van der Waals surface area (Å²) in [5, 5.41) is 2.02. The summed E-state index contributed by atoms with van der Waals surface area (Å²) < 4.78 is 0.841. The maximum absolute atomic E-state index is 5.74. The SMILES string of the molecule is Nc1cc(-c2cccs2)ncc1Br. The largest absolute Gasteiger partial charge is 0.398 e. The second-order valence-corrected chi connectivity index (χ2v) is 4.37. The highest BCUT2D eigenvalue weighted by Crippen LogP contribution is 2.27. The molecule has 2 N–H and O–H groups in total. The Morgan fingerprint density at radius 3 is 2.92 bits per heavy atom. The van der Waals surface area contributed by atoms with Crippen LogP contribution >= 0.6 is 27.3 Å². The van der Waals surface area contributed by atoms with Crippen LogP contribution in [0.1, 0.15) is 0 Å². The average molecular weight is 255 g/mol. The molecule has 0 aliphatic carbocycles. The van der Waals surface area contributed by atoms with Crippen LogP contribution in [-0.2, 0) is 0 Å². The molecule has 2 heterocycles. The van der Waals surface area contributed by atoms with Crippen molar-refractivity contribution in [1.82, 2.24) is 4.98 Å². The predicted octanol–water partition coefficient (Wildman–Crippen LogP) is 3.15. The standard InChI is InChI=1S/C9H7BrN2S/c10-6-5-12-8(4-7(6)11)9-2-1-3-13-9/h1-5H,(H2,11,12). The van der Waals surface area contributed by atoms with Crippen LogP contribution in [0.3, 0.4) is 0 Å². The molecule has 0 radical (unpaired) electrons. The van der Waals surface area contributed by atoms with Crippen molar-refractivity contribution in [3.63, 3.8) is 0 Å². The third-order valence-electron chi connectivity index (χ3n) is 1.66. The minimum Gasteiger partial charge on any atom is -0.398 e. The fourth-order valence-electron chi connectivity index (χ4n) is 1.01. The molecule has 66 valence electrons. The predicted molar refractivity (Wildman–Crippen MR) is 59.7 cm³/mol. The van der Waals surface area contributed by atoms with E-state index in [-0.39, 0.29) is 0 Å². The van der Waals surface area contributed by atoms with Crippen molar-refractivity contribution >= 4 is 33.0 Å². The number of hydrogen-bond donors (Lipinski definition) is 1. The van der Waals surface area contributed by atoms with Crippen molar-refractivity contribution in [2.24, 2.45) is 0 Å². The summed E-state index contributed by atoms with van der Waals surface area (Å²) in [6.45, 7) is 0. The van der Waals surface area contributed by atoms with Gasteiger partial charge in [0, 0.05) is 11.9 Å². The minimum atomic E-state index is 0.721. The first-order valence-corrected chi connectivity index (χ1v) is 5.39. The van der Waals surface area contributed by atoms with Crippen molar-refractivity contribution in [1.29, 1.82) is 0 Å². The van der Waals surface area contributed by atoms with E-state index in [0.717, 1.165) is 20.7 Å². The van der Waals surface area contributed by atoms with E-state index in [1.54, 1.807) is 17.5 Å². The highest BCUT2D eigenvalue weighted by molar-refractivity contribution is 9.10. The topological polar surface area (TPSA) is 38.9 Å². The summed E-state index contributed by atoms with van der Waals surface area (Å²) >= 11 is 4.97. The molecule has 2 nitrogen and oxygen atoms in total. The summed E-state index contributed by atoms with van der Waals surface area (Å²) in [5.74, 6) is 0. The molecule has 0 amide bonds. The highest BCUT2D eigenvalue weighted by Gasteiger charge is 2.02. The Labute approximate surface area is 88.6 Å². The lowest BCUT2D eigenvalue weighted by Crippen LogP contribution is -1.89. The second-order valence-electron chi connectivity index (χ2n) is 2.57. The highest BCUT2D eigenvalue weighted by atomic mass is 79.9. The van der Waals surface area contributed by atoms with E-state index in [1.807, 2.05) is 23.6 Å². The summed E-state index contributed by atoms with van der Waals surface area (Å²) in [7, 11) is 0. The maximum Gasteiger partial charge on any atom is 0.0823 e. The van der Waals surface area contributed by atoms with Crippen molar-refractivity contribution in [2.75, 3.05) is 5.73 Å². The maximum atomic E-state index is 5.74. The Bertz CT molecular complexity index is 412. The number of rotatable bonds is 1. The van der Waals surface area contributed by atoms with Gasteiger partial charge in [-0.15, -0.1) is 11.3 Å². The summed E-state index contributed by atoms with van der Waals surface area (Å²) in [4.78, 5) is 5.40. The molecule has 4 heteroatoms. The number of nitrogens with two attached hydrogens (primary N) is 1. The van der Waals surface area contributed by atoms with Crippen LogP contribution in [0.4, 0.5) is 5.69 Å². The molecule has 0 aliphatic rings. The molecule has 0 fully saturated rings. The third kappa shape index (κ3) is 1.73. The second kappa shape index (κ2) is 3.47. The van der Waals surface area contributed by atoms with Crippen LogP contribution in [0, 0.1) is 0 Å². The lowest BCUT2D eigenvalue weighted by molar-refractivity contribution is 1.32. The molecule has 0 atom stereocenters. The Hall–Kier alpha value is -0.870. The van der Waals surface area contributed by atoms with Gasteiger partial charge in [0.15, 0.2) is 0 Å². The first kappa shape index (κ1) is 8.72. The molecule has 0 aliphatic heterocycles. The van der Waals surface area contributed by atoms with Crippen LogP contribution in [0.5, 0.6) is 0 Å². The number of pyridine rings is 1. The van der Waals surface area contributed by atoms with Crippen molar-refractivity contribution in [3.05, 3.63) is 34.2 Å². The van der Waals surface area contributed by atoms with Gasteiger partial charge in [0.2, 0.25) is 0 Å². The number of halogens is 1. The third-order valence-corrected chi connectivity index (χ3v) is 3.21. The Morgan fingerprint density at radius 1 is 1.46 bits per heavy atom. The van der Waals surface area contributed by atoms with E-state index in [2.05, 4.69) is 20.9 Å². The van der Waals surface area contributed by atoms with E-state index in [9.17, 15) is 0 Å². The first-order valence-electron chi connectivity index (χ1n) is 3.72. The molecular weight excluding hydrogens is 248 g/mol. The van der Waals surface area contributed by atoms with Crippen LogP contribution in [-0.4, -0.2) is 4.98 Å². The van der Waals surface area contributed by atoms with E-state index in [1.165, 1.54) is 0 Å². The van der Waals surface area contributed by atoms with Crippen LogP contribution in [0.25, 0.3) is 10.6 Å². The minimum absolute atomic E-state index is 0.721. The summed E-state index contributed by atoms with van der Waals surface area (Å²) in [6, 6.07) is 5.90. The van der Waals surface area contributed by atoms with Crippen molar-refractivity contribution < 1.29 is 0 Å². The molecule has 2 rings (SSSR count). The zero-order valence-corrected chi connectivity index (χ0v) is 9.10. The zero-order chi connectivity index (χ0) is 9.26. The molecule has 0 bridgehead atoms. The fourth-order valence-corrected chi connectivity index (χ4v) is 1.92. The van der Waals surface area contributed by atoms with E-state index >= 15 is 0 Å². The lowest BCUT2D eigenvalue weighted by Gasteiger charge is -2.00. The average Bonchev–Trinajstić information content (AvgIpc) is 2.62. The number of aromatic nitrogens is 1. The molecule has 2 aromatic heterocycles. The van der Waals surface area contributed by atoms with Crippen LogP contribution < -0.4 is 5.73 Å². The van der Waals surface area contributed by atoms with Gasteiger partial charge in [-0.25, -0.2) is 0 Å². The first-order chi connectivity index (χ1) is 6.27. The lowest BCUT2D eigenvalue weighted by atomic mass is 10.3. The number of anilines is 1. The molecule has 2 aromatic rings. The molecule has 0 aromatic carbocycles. The summed E-state index contributed by atoms with van der Waals surface area (Å²) in [5.41, 5.74) is 7.39. The van der Waals surface area contributed by atoms with Gasteiger partial charge in [-0.05, 0) is 33.4 Å². The Balaban J connectivity index is 2.49. The molecule has 0 spiro atoms. The van der Waals surface area contributed by atoms with Gasteiger partial charge in [0.25, 0.3) is 0 Å². The van der Waals surface area contributed by atoms with Gasteiger partial charge in [0.1, 0.15) is 0 Å². The van der Waals surface area contributed by atoms with E-state index in [4.69, 9.17) is 5.73 Å². The summed E-state index contributed by atoms with van der Waals surface area (Å²) in [6.07, 6.45) is 1.73. The number of nitrogen functional groups attached to an aromatic ring is 1. The molecular formula is C9H7BrN2S. The van der Waals surface area contributed by atoms with E-state index < -0.39 is 0 Å². The van der Waals surface area contributed by atoms with Crippen molar-refractivity contribution in [2.45, 2.75) is 0 Å². The van der Waals surface area contributed by atoms with Crippen LogP contribution in [0.15, 0.2) is 34.2 Å². The van der Waals surface area contributed by atoms with Gasteiger partial charge in [0.05, 0.1) is 15.0 Å². The number of thiophene rings is 1. The molecule has 0 saturated heterocycles. The Morgan fingerprint density at radius 2 is 2.31 bits per heavy atom. The smallest absolute Gasteiger partial charge is 0.0823 e. The van der Waals surface area contributed by atoms with Gasteiger partial charge < -0.3 is 5.73 Å². The van der Waals surface area contributed by atoms with Crippen molar-refractivity contribution in [3.8, 4) is 10.6 Å². The van der Waals surface area contributed by atoms with Gasteiger partial charge in [-0.1, -0.05) is 6.07 Å². The van der Waals surface area contributed by atoms with E-state index in [0.29, 0.717) is 0 Å². The normalized spacial score (nSPS) is 10.2. The number of hydrogen-bond acceptors (Lipinski definition) is 3. The molecule has 0 saturated carbocycles. The molecule has 0 unspecified atom stereocenters.